The number of carbonyl (C=O) groups excluding carboxylic acids is 2. The molecule has 0 spiro atoms. The third-order valence-corrected chi connectivity index (χ3v) is 3.40. The zero-order valence-electron chi connectivity index (χ0n) is 12.2. The van der Waals surface area contributed by atoms with Gasteiger partial charge in [-0.15, -0.1) is 10.2 Å². The third-order valence-electron chi connectivity index (χ3n) is 2.79. The van der Waals surface area contributed by atoms with E-state index in [1.165, 1.54) is 16.8 Å². The van der Waals surface area contributed by atoms with Crippen molar-refractivity contribution in [1.29, 1.82) is 0 Å². The highest BCUT2D eigenvalue weighted by atomic mass is 32.1. The number of rotatable bonds is 4. The molecule has 0 saturated carbocycles. The Morgan fingerprint density at radius 3 is 2.67 bits per heavy atom. The fourth-order valence-corrected chi connectivity index (χ4v) is 2.38. The monoisotopic (exact) mass is 308 g/mol. The number of nitrogens with zero attached hydrogens (tertiary/aromatic N) is 2. The number of hydrogen-bond donors (Lipinski definition) is 2. The van der Waals surface area contributed by atoms with E-state index in [1.54, 1.807) is 27.7 Å². The molecule has 0 aliphatic carbocycles. The minimum absolute atomic E-state index is 0.218. The molecule has 21 heavy (non-hydrogen) atoms. The maximum atomic E-state index is 12.2. The van der Waals surface area contributed by atoms with Crippen LogP contribution in [0.5, 0.6) is 0 Å². The molecule has 2 heterocycles. The maximum Gasteiger partial charge on any atom is 0.340 e. The Bertz CT molecular complexity index is 661. The van der Waals surface area contributed by atoms with E-state index >= 15 is 0 Å². The van der Waals surface area contributed by atoms with Gasteiger partial charge in [0, 0.05) is 5.69 Å². The molecule has 8 heteroatoms. The number of H-pyrrole nitrogens is 1. The molecule has 0 aromatic carbocycles. The first-order valence-electron chi connectivity index (χ1n) is 6.37. The van der Waals surface area contributed by atoms with Crippen molar-refractivity contribution < 1.29 is 14.3 Å². The number of aromatic nitrogens is 3. The summed E-state index contributed by atoms with van der Waals surface area (Å²) in [5, 5.41) is 10.4. The van der Waals surface area contributed by atoms with Crippen molar-refractivity contribution in [2.75, 3.05) is 5.32 Å². The van der Waals surface area contributed by atoms with Gasteiger partial charge >= 0.3 is 5.97 Å². The Hall–Kier alpha value is -2.22. The topological polar surface area (TPSA) is 97.0 Å². The summed E-state index contributed by atoms with van der Waals surface area (Å²) in [7, 11) is 0. The van der Waals surface area contributed by atoms with E-state index in [9.17, 15) is 9.59 Å². The molecule has 2 aromatic rings. The molecule has 0 aliphatic rings. The Morgan fingerprint density at radius 1 is 1.38 bits per heavy atom. The smallest absolute Gasteiger partial charge is 0.340 e. The fraction of sp³-hybridized carbons (Fsp3) is 0.385. The van der Waals surface area contributed by atoms with Gasteiger partial charge in [-0.2, -0.15) is 0 Å². The van der Waals surface area contributed by atoms with Crippen molar-refractivity contribution in [2.45, 2.75) is 33.8 Å². The van der Waals surface area contributed by atoms with Gasteiger partial charge in [0.15, 0.2) is 0 Å². The molecule has 2 N–H and O–H groups in total. The Labute approximate surface area is 125 Å². The molecule has 112 valence electrons. The molecule has 0 atom stereocenters. The Kier molecular flexibility index (Phi) is 4.37. The van der Waals surface area contributed by atoms with Crippen molar-refractivity contribution in [3.8, 4) is 0 Å². The molecular formula is C13H16N4O3S. The third kappa shape index (κ3) is 3.27. The lowest BCUT2D eigenvalue weighted by Gasteiger charge is -2.08. The van der Waals surface area contributed by atoms with Crippen LogP contribution >= 0.6 is 11.3 Å². The van der Waals surface area contributed by atoms with Gasteiger partial charge in [0.1, 0.15) is 11.2 Å². The number of amides is 1. The number of hydrogen-bond acceptors (Lipinski definition) is 6. The zero-order valence-corrected chi connectivity index (χ0v) is 13.0. The van der Waals surface area contributed by atoms with Crippen LogP contribution in [0.3, 0.4) is 0 Å². The van der Waals surface area contributed by atoms with E-state index in [0.717, 1.165) is 0 Å². The van der Waals surface area contributed by atoms with Crippen LogP contribution in [0, 0.1) is 13.8 Å². The van der Waals surface area contributed by atoms with E-state index < -0.39 is 5.97 Å². The normalized spacial score (nSPS) is 10.7. The van der Waals surface area contributed by atoms with Crippen LogP contribution in [0.2, 0.25) is 0 Å². The molecule has 7 nitrogen and oxygen atoms in total. The molecule has 1 amide bonds. The van der Waals surface area contributed by atoms with Crippen molar-refractivity contribution in [1.82, 2.24) is 15.2 Å². The lowest BCUT2D eigenvalue weighted by molar-refractivity contribution is 0.0376. The van der Waals surface area contributed by atoms with Crippen LogP contribution in [-0.4, -0.2) is 33.2 Å². The summed E-state index contributed by atoms with van der Waals surface area (Å²) >= 11 is 1.22. The molecule has 2 rings (SSSR count). The predicted molar refractivity (Wildman–Crippen MR) is 78.7 cm³/mol. The van der Waals surface area contributed by atoms with E-state index in [-0.39, 0.29) is 12.0 Å². The van der Waals surface area contributed by atoms with Crippen molar-refractivity contribution >= 4 is 28.3 Å². The zero-order chi connectivity index (χ0) is 15.6. The van der Waals surface area contributed by atoms with Gasteiger partial charge in [0.05, 0.1) is 11.7 Å². The lowest BCUT2D eigenvalue weighted by Crippen LogP contribution is -2.15. The minimum atomic E-state index is -0.439. The number of anilines is 1. The summed E-state index contributed by atoms with van der Waals surface area (Å²) in [6.07, 6.45) is -0.218. The number of nitrogens with one attached hydrogen (secondary N) is 2. The van der Waals surface area contributed by atoms with Crippen molar-refractivity contribution in [3.63, 3.8) is 0 Å². The maximum absolute atomic E-state index is 12.2. The summed E-state index contributed by atoms with van der Waals surface area (Å²) in [6, 6.07) is 0. The first kappa shape index (κ1) is 15.2. The van der Waals surface area contributed by atoms with Gasteiger partial charge in [-0.25, -0.2) is 4.79 Å². The van der Waals surface area contributed by atoms with Gasteiger partial charge < -0.3 is 9.72 Å². The van der Waals surface area contributed by atoms with Crippen LogP contribution in [0.15, 0.2) is 5.51 Å². The summed E-state index contributed by atoms with van der Waals surface area (Å²) in [5.74, 6) is -0.804. The van der Waals surface area contributed by atoms with Gasteiger partial charge in [-0.1, -0.05) is 11.3 Å². The molecule has 0 unspecified atom stereocenters. The highest BCUT2D eigenvalue weighted by Gasteiger charge is 2.24. The highest BCUT2D eigenvalue weighted by Crippen LogP contribution is 2.21. The molecule has 0 fully saturated rings. The number of carbonyl (C=O) groups is 2. The molecule has 0 radical (unpaired) electrons. The van der Waals surface area contributed by atoms with Crippen LogP contribution in [0.1, 0.15) is 46.0 Å². The summed E-state index contributed by atoms with van der Waals surface area (Å²) in [6.45, 7) is 6.98. The second kappa shape index (κ2) is 6.04. The molecule has 0 saturated heterocycles. The van der Waals surface area contributed by atoms with Gasteiger partial charge in [-0.05, 0) is 33.3 Å². The first-order valence-corrected chi connectivity index (χ1v) is 7.25. The second-order valence-electron chi connectivity index (χ2n) is 4.78. The largest absolute Gasteiger partial charge is 0.459 e. The standard InChI is InChI=1S/C13H16N4O3S/c1-6(2)20-12(19)9-7(3)10(15-8(9)4)11(18)16-13-17-14-5-21-13/h5-6,15H,1-4H3,(H,16,17,18). The van der Waals surface area contributed by atoms with Gasteiger partial charge in [0.2, 0.25) is 5.13 Å². The van der Waals surface area contributed by atoms with E-state index in [2.05, 4.69) is 20.5 Å². The minimum Gasteiger partial charge on any atom is -0.459 e. The number of ether oxygens (including phenoxy) is 1. The van der Waals surface area contributed by atoms with Crippen LogP contribution in [0.25, 0.3) is 0 Å². The Balaban J connectivity index is 2.26. The number of aryl methyl sites for hydroxylation is 1. The van der Waals surface area contributed by atoms with Crippen LogP contribution in [-0.2, 0) is 4.74 Å². The summed E-state index contributed by atoms with van der Waals surface area (Å²) in [4.78, 5) is 27.2. The van der Waals surface area contributed by atoms with E-state index in [1.807, 2.05) is 0 Å². The molecule has 0 bridgehead atoms. The second-order valence-corrected chi connectivity index (χ2v) is 5.61. The lowest BCUT2D eigenvalue weighted by atomic mass is 10.1. The number of esters is 1. The van der Waals surface area contributed by atoms with Crippen molar-refractivity contribution in [3.05, 3.63) is 28.0 Å². The summed E-state index contributed by atoms with van der Waals surface area (Å²) in [5.41, 5.74) is 3.39. The number of aromatic amines is 1. The SMILES string of the molecule is Cc1[nH]c(C(=O)Nc2nncs2)c(C)c1C(=O)OC(C)C. The van der Waals surface area contributed by atoms with Gasteiger partial charge in [0.25, 0.3) is 5.91 Å². The summed E-state index contributed by atoms with van der Waals surface area (Å²) < 4.78 is 5.19. The quantitative estimate of drug-likeness (QED) is 0.845. The Morgan fingerprint density at radius 2 is 2.10 bits per heavy atom. The average Bonchev–Trinajstić information content (AvgIpc) is 2.96. The molecular weight excluding hydrogens is 292 g/mol. The van der Waals surface area contributed by atoms with E-state index in [0.29, 0.717) is 27.6 Å². The van der Waals surface area contributed by atoms with Gasteiger partial charge in [-0.3, -0.25) is 10.1 Å². The van der Waals surface area contributed by atoms with Crippen LogP contribution < -0.4 is 5.32 Å². The van der Waals surface area contributed by atoms with Crippen LogP contribution in [0.4, 0.5) is 5.13 Å². The first-order chi connectivity index (χ1) is 9.90. The molecule has 2 aromatic heterocycles. The van der Waals surface area contributed by atoms with Crippen molar-refractivity contribution in [2.24, 2.45) is 0 Å². The molecule has 0 aliphatic heterocycles. The fourth-order valence-electron chi connectivity index (χ4n) is 1.94. The average molecular weight is 308 g/mol. The predicted octanol–water partition coefficient (Wildman–Crippen LogP) is 2.30. The highest BCUT2D eigenvalue weighted by molar-refractivity contribution is 7.13. The van der Waals surface area contributed by atoms with E-state index in [4.69, 9.17) is 4.74 Å².